The highest BCUT2D eigenvalue weighted by atomic mass is 16.5. The monoisotopic (exact) mass is 418 g/mol. The van der Waals surface area contributed by atoms with Crippen LogP contribution in [0.15, 0.2) is 18.2 Å². The van der Waals surface area contributed by atoms with Crippen LogP contribution in [0.5, 0.6) is 11.5 Å². The molecule has 1 amide bonds. The molecule has 0 unspecified atom stereocenters. The van der Waals surface area contributed by atoms with E-state index in [1.54, 1.807) is 25.0 Å². The van der Waals surface area contributed by atoms with Crippen LogP contribution < -0.4 is 14.8 Å². The van der Waals surface area contributed by atoms with Gasteiger partial charge in [0.1, 0.15) is 12.7 Å². The Hall–Kier alpha value is -2.65. The van der Waals surface area contributed by atoms with Gasteiger partial charge in [0, 0.05) is 19.6 Å². The molecule has 0 aliphatic carbocycles. The molecule has 2 atom stereocenters. The smallest absolute Gasteiger partial charge is 0.246 e. The molecule has 0 spiro atoms. The maximum atomic E-state index is 12.1. The fraction of sp³-hybridized carbons (Fsp3) is 0.571. The molecule has 9 nitrogen and oxygen atoms in total. The van der Waals surface area contributed by atoms with Crippen LogP contribution in [0.3, 0.4) is 0 Å². The van der Waals surface area contributed by atoms with E-state index in [0.717, 1.165) is 17.8 Å². The number of carbonyl (C=O) groups is 1. The number of aliphatic hydroxyl groups excluding tert-OH is 1. The number of benzene rings is 1. The zero-order valence-corrected chi connectivity index (χ0v) is 17.9. The maximum Gasteiger partial charge on any atom is 0.246 e. The first-order chi connectivity index (χ1) is 14.5. The Labute approximate surface area is 176 Å². The van der Waals surface area contributed by atoms with Crippen LogP contribution in [0.1, 0.15) is 49.6 Å². The van der Waals surface area contributed by atoms with Crippen molar-refractivity contribution in [3.05, 3.63) is 35.4 Å². The summed E-state index contributed by atoms with van der Waals surface area (Å²) in [7, 11) is 3.14. The minimum atomic E-state index is -0.520. The highest BCUT2D eigenvalue weighted by molar-refractivity contribution is 5.78. The molecule has 0 bridgehead atoms. The Kier molecular flexibility index (Phi) is 7.28. The van der Waals surface area contributed by atoms with Crippen LogP contribution in [-0.2, 0) is 22.5 Å². The van der Waals surface area contributed by atoms with E-state index in [4.69, 9.17) is 19.2 Å². The van der Waals surface area contributed by atoms with Gasteiger partial charge in [-0.15, -0.1) is 0 Å². The lowest BCUT2D eigenvalue weighted by Gasteiger charge is -2.32. The van der Waals surface area contributed by atoms with Crippen molar-refractivity contribution < 1.29 is 24.1 Å². The van der Waals surface area contributed by atoms with Crippen LogP contribution in [0.4, 0.5) is 0 Å². The van der Waals surface area contributed by atoms with Gasteiger partial charge in [0.05, 0.1) is 20.3 Å². The minimum Gasteiger partial charge on any atom is -0.493 e. The number of hydrogen-bond acceptors (Lipinski definition) is 7. The van der Waals surface area contributed by atoms with Gasteiger partial charge in [0.2, 0.25) is 5.91 Å². The molecular formula is C21H30N4O5. The summed E-state index contributed by atoms with van der Waals surface area (Å²) in [5.74, 6) is 2.74. The summed E-state index contributed by atoms with van der Waals surface area (Å²) in [6, 6.07) is 5.04. The molecule has 1 aliphatic heterocycles. The first-order valence-corrected chi connectivity index (χ1v) is 10.1. The normalized spacial score (nSPS) is 19.1. The zero-order chi connectivity index (χ0) is 21.7. The molecule has 1 saturated heterocycles. The maximum absolute atomic E-state index is 12.1. The number of nitrogens with zero attached hydrogens (tertiary/aromatic N) is 3. The molecule has 2 N–H and O–H groups in total. The van der Waals surface area contributed by atoms with Gasteiger partial charge in [-0.2, -0.15) is 5.10 Å². The highest BCUT2D eigenvalue weighted by Crippen LogP contribution is 2.37. The topological polar surface area (TPSA) is 108 Å². The van der Waals surface area contributed by atoms with Gasteiger partial charge in [-0.1, -0.05) is 19.9 Å². The minimum absolute atomic E-state index is 0.0547. The number of methoxy groups -OCH3 is 2. The molecule has 3 rings (SSSR count). The number of aromatic nitrogens is 3. The van der Waals surface area contributed by atoms with E-state index in [1.165, 1.54) is 0 Å². The van der Waals surface area contributed by atoms with Gasteiger partial charge in [0.25, 0.3) is 0 Å². The zero-order valence-electron chi connectivity index (χ0n) is 17.9. The second kappa shape index (κ2) is 9.90. The summed E-state index contributed by atoms with van der Waals surface area (Å²) >= 11 is 0. The van der Waals surface area contributed by atoms with E-state index in [0.29, 0.717) is 36.2 Å². The van der Waals surface area contributed by atoms with Gasteiger partial charge in [-0.3, -0.25) is 4.79 Å². The number of nitrogens with one attached hydrogen (secondary N) is 1. The molecule has 1 aromatic heterocycles. The van der Waals surface area contributed by atoms with Crippen molar-refractivity contribution in [1.29, 1.82) is 0 Å². The number of morpholine rings is 1. The van der Waals surface area contributed by atoms with Crippen molar-refractivity contribution in [2.75, 3.05) is 27.4 Å². The van der Waals surface area contributed by atoms with Crippen LogP contribution in [0.25, 0.3) is 0 Å². The first-order valence-electron chi connectivity index (χ1n) is 10.1. The van der Waals surface area contributed by atoms with E-state index >= 15 is 0 Å². The second-order valence-electron chi connectivity index (χ2n) is 7.68. The fourth-order valence-corrected chi connectivity index (χ4v) is 3.53. The van der Waals surface area contributed by atoms with Crippen LogP contribution in [0.2, 0.25) is 0 Å². The molecule has 1 aromatic carbocycles. The van der Waals surface area contributed by atoms with E-state index in [2.05, 4.69) is 24.3 Å². The molecule has 1 aliphatic rings. The Balaban J connectivity index is 2.00. The average molecular weight is 418 g/mol. The Bertz CT molecular complexity index is 867. The summed E-state index contributed by atoms with van der Waals surface area (Å²) < 4.78 is 18.5. The lowest BCUT2D eigenvalue weighted by molar-refractivity contribution is -0.138. The van der Waals surface area contributed by atoms with Crippen LogP contribution in [0, 0.1) is 5.92 Å². The SMILES string of the molecule is COc1ccc([C@H]2NC(=O)CO[C@@H]2c2nc(CC(C)C)nn2CCCO)cc1OC. The molecule has 2 aromatic rings. The third-order valence-electron chi connectivity index (χ3n) is 4.90. The number of hydrogen-bond donors (Lipinski definition) is 2. The summed E-state index contributed by atoms with van der Waals surface area (Å²) in [4.78, 5) is 16.9. The largest absolute Gasteiger partial charge is 0.493 e. The van der Waals surface area contributed by atoms with Crippen LogP contribution in [-0.4, -0.2) is 53.2 Å². The number of rotatable bonds is 9. The predicted octanol–water partition coefficient (Wildman–Crippen LogP) is 1.80. The fourth-order valence-electron chi connectivity index (χ4n) is 3.53. The van der Waals surface area contributed by atoms with Gasteiger partial charge in [-0.05, 0) is 30.0 Å². The Morgan fingerprint density at radius 2 is 2.07 bits per heavy atom. The van der Waals surface area contributed by atoms with Crippen molar-refractivity contribution in [3.63, 3.8) is 0 Å². The Morgan fingerprint density at radius 3 is 2.73 bits per heavy atom. The standard InChI is InChI=1S/C21H30N4O5/c1-13(2)10-17-22-21(25(24-17)8-5-9-26)20-19(23-18(27)12-30-20)14-6-7-15(28-3)16(11-14)29-4/h6-7,11,13,19-20,26H,5,8-10,12H2,1-4H3,(H,23,27)/t19-,20+/m1/s1. The lowest BCUT2D eigenvalue weighted by atomic mass is 9.98. The van der Waals surface area contributed by atoms with E-state index in [-0.39, 0.29) is 19.1 Å². The molecular weight excluding hydrogens is 388 g/mol. The van der Waals surface area contributed by atoms with Crippen molar-refractivity contribution >= 4 is 5.91 Å². The molecule has 164 valence electrons. The average Bonchev–Trinajstić information content (AvgIpc) is 3.13. The van der Waals surface area contributed by atoms with Crippen molar-refractivity contribution in [2.45, 2.75) is 45.4 Å². The summed E-state index contributed by atoms with van der Waals surface area (Å²) in [6.07, 6.45) is 0.768. The number of aryl methyl sites for hydroxylation is 1. The van der Waals surface area contributed by atoms with Gasteiger partial charge >= 0.3 is 0 Å². The van der Waals surface area contributed by atoms with Gasteiger partial charge < -0.3 is 24.6 Å². The van der Waals surface area contributed by atoms with Crippen molar-refractivity contribution in [2.24, 2.45) is 5.92 Å². The molecule has 1 fully saturated rings. The predicted molar refractivity (Wildman–Crippen MR) is 109 cm³/mol. The van der Waals surface area contributed by atoms with Crippen molar-refractivity contribution in [3.8, 4) is 11.5 Å². The third kappa shape index (κ3) is 4.91. The van der Waals surface area contributed by atoms with E-state index in [9.17, 15) is 9.90 Å². The number of amides is 1. The summed E-state index contributed by atoms with van der Waals surface area (Å²) in [5.41, 5.74) is 0.813. The second-order valence-corrected chi connectivity index (χ2v) is 7.68. The lowest BCUT2D eigenvalue weighted by Crippen LogP contribution is -2.42. The van der Waals surface area contributed by atoms with Gasteiger partial charge in [0.15, 0.2) is 23.1 Å². The molecule has 0 saturated carbocycles. The molecule has 30 heavy (non-hydrogen) atoms. The number of ether oxygens (including phenoxy) is 3. The van der Waals surface area contributed by atoms with Gasteiger partial charge in [-0.25, -0.2) is 9.67 Å². The Morgan fingerprint density at radius 1 is 1.30 bits per heavy atom. The van der Waals surface area contributed by atoms with Crippen LogP contribution >= 0.6 is 0 Å². The summed E-state index contributed by atoms with van der Waals surface area (Å²) in [6.45, 7) is 4.74. The van der Waals surface area contributed by atoms with Crippen molar-refractivity contribution in [1.82, 2.24) is 20.1 Å². The van der Waals surface area contributed by atoms with E-state index < -0.39 is 12.1 Å². The molecule has 9 heteroatoms. The molecule has 0 radical (unpaired) electrons. The number of aliphatic hydroxyl groups is 1. The summed E-state index contributed by atoms with van der Waals surface area (Å²) in [5, 5.41) is 16.9. The molecule has 2 heterocycles. The third-order valence-corrected chi connectivity index (χ3v) is 4.90. The highest BCUT2D eigenvalue weighted by Gasteiger charge is 2.36. The first kappa shape index (κ1) is 22.0. The quantitative estimate of drug-likeness (QED) is 0.639. The number of carbonyl (C=O) groups excluding carboxylic acids is 1. The van der Waals surface area contributed by atoms with E-state index in [1.807, 2.05) is 12.1 Å².